The third-order valence-electron chi connectivity index (χ3n) is 3.57. The fourth-order valence-electron chi connectivity index (χ4n) is 2.34. The first kappa shape index (κ1) is 16.5. The van der Waals surface area contributed by atoms with Crippen molar-refractivity contribution >= 4 is 17.5 Å². The van der Waals surface area contributed by atoms with Crippen molar-refractivity contribution in [2.75, 3.05) is 19.5 Å². The summed E-state index contributed by atoms with van der Waals surface area (Å²) in [6.07, 6.45) is 0. The number of carbonyl (C=O) groups excluding carboxylic acids is 2. The molecule has 0 fully saturated rings. The maximum Gasteiger partial charge on any atom is 0.255 e. The van der Waals surface area contributed by atoms with Gasteiger partial charge in [-0.3, -0.25) is 9.59 Å². The minimum atomic E-state index is -0.292. The summed E-state index contributed by atoms with van der Waals surface area (Å²) in [5.74, 6) is 0.00534. The first-order valence-corrected chi connectivity index (χ1v) is 7.25. The van der Waals surface area contributed by atoms with Crippen molar-refractivity contribution in [2.45, 2.75) is 13.8 Å². The highest BCUT2D eigenvalue weighted by Crippen LogP contribution is 2.23. The summed E-state index contributed by atoms with van der Waals surface area (Å²) in [6.45, 7) is 3.86. The number of carbonyl (C=O) groups is 2. The molecular weight excluding hydrogens is 292 g/mol. The van der Waals surface area contributed by atoms with Crippen LogP contribution in [0.5, 0.6) is 5.75 Å². The predicted molar refractivity (Wildman–Crippen MR) is 90.3 cm³/mol. The Labute approximate surface area is 135 Å². The predicted octanol–water partition coefficient (Wildman–Crippen LogP) is 2.92. The minimum absolute atomic E-state index is 0.252. The Balaban J connectivity index is 2.35. The summed E-state index contributed by atoms with van der Waals surface area (Å²) in [4.78, 5) is 24.5. The van der Waals surface area contributed by atoms with Crippen molar-refractivity contribution in [3.8, 4) is 5.75 Å². The first-order chi connectivity index (χ1) is 11.0. The lowest BCUT2D eigenvalue weighted by Crippen LogP contribution is -2.22. The van der Waals surface area contributed by atoms with Gasteiger partial charge in [-0.05, 0) is 43.7 Å². The molecule has 0 bridgehead atoms. The van der Waals surface area contributed by atoms with Gasteiger partial charge in [-0.15, -0.1) is 0 Å². The van der Waals surface area contributed by atoms with Crippen molar-refractivity contribution < 1.29 is 14.3 Å². The first-order valence-electron chi connectivity index (χ1n) is 7.25. The second kappa shape index (κ2) is 6.96. The van der Waals surface area contributed by atoms with Crippen LogP contribution in [0.3, 0.4) is 0 Å². The van der Waals surface area contributed by atoms with Crippen LogP contribution in [-0.2, 0) is 0 Å². The van der Waals surface area contributed by atoms with Gasteiger partial charge in [-0.1, -0.05) is 17.7 Å². The number of benzene rings is 2. The summed E-state index contributed by atoms with van der Waals surface area (Å²) in [5.41, 5.74) is 3.35. The van der Waals surface area contributed by atoms with Gasteiger partial charge >= 0.3 is 0 Å². The number of aryl methyl sites for hydroxylation is 2. The van der Waals surface area contributed by atoms with Crippen LogP contribution in [0.15, 0.2) is 36.4 Å². The molecule has 2 aromatic rings. The largest absolute Gasteiger partial charge is 0.497 e. The van der Waals surface area contributed by atoms with E-state index in [2.05, 4.69) is 10.6 Å². The summed E-state index contributed by atoms with van der Waals surface area (Å²) in [7, 11) is 3.06. The SMILES string of the molecule is CNC(=O)c1cc(OC)ccc1NC(=O)c1ccc(C)cc1C. The van der Waals surface area contributed by atoms with E-state index in [1.54, 1.807) is 24.3 Å². The van der Waals surface area contributed by atoms with Crippen molar-refractivity contribution in [3.63, 3.8) is 0 Å². The number of amides is 2. The topological polar surface area (TPSA) is 67.4 Å². The van der Waals surface area contributed by atoms with E-state index in [0.717, 1.165) is 11.1 Å². The molecule has 0 spiro atoms. The summed E-state index contributed by atoms with van der Waals surface area (Å²) >= 11 is 0. The molecule has 0 radical (unpaired) electrons. The van der Waals surface area contributed by atoms with Gasteiger partial charge in [0.05, 0.1) is 18.4 Å². The van der Waals surface area contributed by atoms with Gasteiger partial charge in [0.2, 0.25) is 0 Å². The third-order valence-corrected chi connectivity index (χ3v) is 3.57. The van der Waals surface area contributed by atoms with E-state index >= 15 is 0 Å². The molecule has 0 aliphatic heterocycles. The lowest BCUT2D eigenvalue weighted by atomic mass is 10.0. The number of hydrogen-bond donors (Lipinski definition) is 2. The van der Waals surface area contributed by atoms with E-state index in [9.17, 15) is 9.59 Å². The van der Waals surface area contributed by atoms with E-state index < -0.39 is 0 Å². The lowest BCUT2D eigenvalue weighted by Gasteiger charge is -2.13. The Morgan fingerprint density at radius 1 is 0.957 bits per heavy atom. The maximum atomic E-state index is 12.5. The molecule has 0 aliphatic rings. The number of methoxy groups -OCH3 is 1. The molecule has 5 nitrogen and oxygen atoms in total. The van der Waals surface area contributed by atoms with Crippen LogP contribution in [0.25, 0.3) is 0 Å². The number of hydrogen-bond acceptors (Lipinski definition) is 3. The highest BCUT2D eigenvalue weighted by molar-refractivity contribution is 6.09. The molecule has 0 heterocycles. The molecule has 0 aromatic heterocycles. The Morgan fingerprint density at radius 3 is 2.30 bits per heavy atom. The smallest absolute Gasteiger partial charge is 0.255 e. The summed E-state index contributed by atoms with van der Waals surface area (Å²) in [6, 6.07) is 10.6. The Morgan fingerprint density at radius 2 is 1.70 bits per heavy atom. The quantitative estimate of drug-likeness (QED) is 0.912. The number of anilines is 1. The second-order valence-electron chi connectivity index (χ2n) is 5.26. The summed E-state index contributed by atoms with van der Waals surface area (Å²) in [5, 5.41) is 5.36. The van der Waals surface area contributed by atoms with E-state index in [1.165, 1.54) is 14.2 Å². The van der Waals surface area contributed by atoms with Gasteiger partial charge < -0.3 is 15.4 Å². The van der Waals surface area contributed by atoms with Crippen LogP contribution in [0, 0.1) is 13.8 Å². The number of ether oxygens (including phenoxy) is 1. The van der Waals surface area contributed by atoms with Gasteiger partial charge in [0.1, 0.15) is 5.75 Å². The molecule has 23 heavy (non-hydrogen) atoms. The van der Waals surface area contributed by atoms with Gasteiger partial charge in [0.15, 0.2) is 0 Å². The normalized spacial score (nSPS) is 10.1. The van der Waals surface area contributed by atoms with Crippen molar-refractivity contribution in [3.05, 3.63) is 58.7 Å². The molecule has 5 heteroatoms. The van der Waals surface area contributed by atoms with Gasteiger partial charge in [0.25, 0.3) is 11.8 Å². The van der Waals surface area contributed by atoms with Gasteiger partial charge in [-0.25, -0.2) is 0 Å². The Kier molecular flexibility index (Phi) is 5.01. The van der Waals surface area contributed by atoms with E-state index in [1.807, 2.05) is 26.0 Å². The van der Waals surface area contributed by atoms with Crippen LogP contribution < -0.4 is 15.4 Å². The molecular formula is C18H20N2O3. The zero-order chi connectivity index (χ0) is 17.0. The van der Waals surface area contributed by atoms with Crippen LogP contribution in [0.1, 0.15) is 31.8 Å². The summed E-state index contributed by atoms with van der Waals surface area (Å²) < 4.78 is 5.13. The fraction of sp³-hybridized carbons (Fsp3) is 0.222. The minimum Gasteiger partial charge on any atom is -0.497 e. The standard InChI is InChI=1S/C18H20N2O3/c1-11-5-7-14(12(2)9-11)18(22)20-16-8-6-13(23-4)10-15(16)17(21)19-3/h5-10H,1-4H3,(H,19,21)(H,20,22). The van der Waals surface area contributed by atoms with E-state index in [4.69, 9.17) is 4.74 Å². The van der Waals surface area contributed by atoms with Crippen LogP contribution in [0.4, 0.5) is 5.69 Å². The van der Waals surface area contributed by atoms with Crippen molar-refractivity contribution in [1.82, 2.24) is 5.32 Å². The van der Waals surface area contributed by atoms with Crippen molar-refractivity contribution in [2.24, 2.45) is 0 Å². The molecule has 2 rings (SSSR count). The zero-order valence-electron chi connectivity index (χ0n) is 13.7. The molecule has 0 saturated heterocycles. The third kappa shape index (κ3) is 3.69. The van der Waals surface area contributed by atoms with E-state index in [0.29, 0.717) is 22.6 Å². The molecule has 120 valence electrons. The average molecular weight is 312 g/mol. The highest BCUT2D eigenvalue weighted by Gasteiger charge is 2.15. The van der Waals surface area contributed by atoms with E-state index in [-0.39, 0.29) is 11.8 Å². The molecule has 0 unspecified atom stereocenters. The molecule has 2 aromatic carbocycles. The molecule has 2 N–H and O–H groups in total. The second-order valence-corrected chi connectivity index (χ2v) is 5.26. The molecule has 0 atom stereocenters. The molecule has 0 aliphatic carbocycles. The van der Waals surface area contributed by atoms with Gasteiger partial charge in [0, 0.05) is 12.6 Å². The lowest BCUT2D eigenvalue weighted by molar-refractivity contribution is 0.0963. The molecule has 0 saturated carbocycles. The number of nitrogens with one attached hydrogen (secondary N) is 2. The zero-order valence-corrected chi connectivity index (χ0v) is 13.7. The van der Waals surface area contributed by atoms with Crippen molar-refractivity contribution in [1.29, 1.82) is 0 Å². The van der Waals surface area contributed by atoms with Crippen LogP contribution in [-0.4, -0.2) is 26.0 Å². The van der Waals surface area contributed by atoms with Crippen LogP contribution in [0.2, 0.25) is 0 Å². The highest BCUT2D eigenvalue weighted by atomic mass is 16.5. The fourth-order valence-corrected chi connectivity index (χ4v) is 2.34. The Hall–Kier alpha value is -2.82. The maximum absolute atomic E-state index is 12.5. The van der Waals surface area contributed by atoms with Gasteiger partial charge in [-0.2, -0.15) is 0 Å². The number of rotatable bonds is 4. The average Bonchev–Trinajstić information content (AvgIpc) is 2.54. The Bertz CT molecular complexity index is 754. The monoisotopic (exact) mass is 312 g/mol. The van der Waals surface area contributed by atoms with Crippen LogP contribution >= 0.6 is 0 Å². The molecule has 2 amide bonds.